The predicted octanol–water partition coefficient (Wildman–Crippen LogP) is 1.09. The molecule has 112 valence electrons. The molecule has 4 heteroatoms. The monoisotopic (exact) mass is 285 g/mol. The number of likely N-dealkylation sites (N-methyl/N-ethyl adjacent to an activating group) is 1. The number of nitrogens with one attached hydrogen (secondary N) is 1. The van der Waals surface area contributed by atoms with Gasteiger partial charge in [0.15, 0.2) is 0 Å². The zero-order valence-corrected chi connectivity index (χ0v) is 13.3. The van der Waals surface area contributed by atoms with E-state index in [-0.39, 0.29) is 0 Å². The molecule has 1 N–H and O–H groups in total. The van der Waals surface area contributed by atoms with Gasteiger partial charge in [-0.25, -0.2) is 9.97 Å². The van der Waals surface area contributed by atoms with Crippen molar-refractivity contribution in [2.45, 2.75) is 26.7 Å². The lowest BCUT2D eigenvalue weighted by Gasteiger charge is -2.31. The van der Waals surface area contributed by atoms with Gasteiger partial charge < -0.3 is 9.80 Å². The Bertz CT molecular complexity index is 630. The first-order valence-corrected chi connectivity index (χ1v) is 8.07. The molecule has 1 aromatic heterocycles. The minimum atomic E-state index is 0.953. The quantitative estimate of drug-likeness (QED) is 0.916. The number of aryl methyl sites for hydroxylation is 2. The van der Waals surface area contributed by atoms with Crippen LogP contribution in [0.3, 0.4) is 0 Å². The second-order valence-electron chi connectivity index (χ2n) is 5.94. The smallest absolute Gasteiger partial charge is 0.0947 e. The number of benzene rings is 1. The van der Waals surface area contributed by atoms with Crippen LogP contribution in [-0.2, 0) is 12.8 Å². The zero-order chi connectivity index (χ0) is 14.8. The van der Waals surface area contributed by atoms with Gasteiger partial charge in [-0.05, 0) is 31.0 Å². The van der Waals surface area contributed by atoms with Crippen molar-refractivity contribution in [3.05, 3.63) is 29.6 Å². The van der Waals surface area contributed by atoms with Crippen LogP contribution >= 0.6 is 0 Å². The first-order valence-electron chi connectivity index (χ1n) is 8.07. The Labute approximate surface area is 126 Å². The maximum atomic E-state index is 4.84. The molecule has 0 atom stereocenters. The van der Waals surface area contributed by atoms with Gasteiger partial charge in [0.25, 0.3) is 0 Å². The molecular formula is C17H25N4+. The Hall–Kier alpha value is -1.68. The average Bonchev–Trinajstić information content (AvgIpc) is 2.53. The highest BCUT2D eigenvalue weighted by molar-refractivity contribution is 5.79. The molecule has 0 bridgehead atoms. The molecule has 0 aliphatic carbocycles. The highest BCUT2D eigenvalue weighted by atomic mass is 15.2. The lowest BCUT2D eigenvalue weighted by molar-refractivity contribution is -0.880. The predicted molar refractivity (Wildman–Crippen MR) is 87.1 cm³/mol. The van der Waals surface area contributed by atoms with E-state index < -0.39 is 0 Å². The molecule has 0 spiro atoms. The molecule has 1 aliphatic rings. The van der Waals surface area contributed by atoms with Gasteiger partial charge in [-0.2, -0.15) is 0 Å². The fourth-order valence-corrected chi connectivity index (χ4v) is 3.03. The summed E-state index contributed by atoms with van der Waals surface area (Å²) in [5, 5.41) is 0. The summed E-state index contributed by atoms with van der Waals surface area (Å²) in [4.78, 5) is 13.7. The summed E-state index contributed by atoms with van der Waals surface area (Å²) in [6, 6.07) is 6.53. The van der Waals surface area contributed by atoms with Gasteiger partial charge in [0.05, 0.1) is 55.6 Å². The number of piperazine rings is 1. The molecule has 4 nitrogen and oxygen atoms in total. The van der Waals surface area contributed by atoms with Crippen LogP contribution in [0.25, 0.3) is 11.0 Å². The Kier molecular flexibility index (Phi) is 4.06. The third kappa shape index (κ3) is 2.86. The van der Waals surface area contributed by atoms with Gasteiger partial charge >= 0.3 is 0 Å². The van der Waals surface area contributed by atoms with Gasteiger partial charge in [-0.1, -0.05) is 13.8 Å². The van der Waals surface area contributed by atoms with E-state index in [1.807, 2.05) is 0 Å². The molecule has 21 heavy (non-hydrogen) atoms. The van der Waals surface area contributed by atoms with E-state index in [0.29, 0.717) is 0 Å². The Balaban J connectivity index is 1.95. The molecule has 0 amide bonds. The number of rotatable bonds is 3. The average molecular weight is 285 g/mol. The molecule has 1 fully saturated rings. The topological polar surface area (TPSA) is 33.5 Å². The lowest BCUT2D eigenvalue weighted by Crippen LogP contribution is -3.12. The van der Waals surface area contributed by atoms with Crippen molar-refractivity contribution >= 4 is 16.7 Å². The van der Waals surface area contributed by atoms with Crippen molar-refractivity contribution in [1.82, 2.24) is 9.97 Å². The number of hydrogen-bond acceptors (Lipinski definition) is 3. The van der Waals surface area contributed by atoms with Crippen molar-refractivity contribution in [3.63, 3.8) is 0 Å². The maximum Gasteiger partial charge on any atom is 0.0947 e. The summed E-state index contributed by atoms with van der Waals surface area (Å²) < 4.78 is 0. The van der Waals surface area contributed by atoms with E-state index in [1.54, 1.807) is 4.90 Å². The summed E-state index contributed by atoms with van der Waals surface area (Å²) in [5.74, 6) is 0. The molecule has 2 heterocycles. The van der Waals surface area contributed by atoms with Crippen molar-refractivity contribution < 1.29 is 4.90 Å². The molecular weight excluding hydrogens is 260 g/mol. The van der Waals surface area contributed by atoms with Gasteiger partial charge in [-0.15, -0.1) is 0 Å². The van der Waals surface area contributed by atoms with E-state index in [2.05, 4.69) is 44.0 Å². The van der Waals surface area contributed by atoms with Gasteiger partial charge in [0, 0.05) is 5.69 Å². The molecule has 2 aromatic rings. The van der Waals surface area contributed by atoms with Crippen LogP contribution in [0.2, 0.25) is 0 Å². The van der Waals surface area contributed by atoms with Crippen LogP contribution in [0.15, 0.2) is 18.2 Å². The minimum absolute atomic E-state index is 0.953. The van der Waals surface area contributed by atoms with Crippen LogP contribution in [0.1, 0.15) is 25.2 Å². The second kappa shape index (κ2) is 5.98. The number of hydrogen-bond donors (Lipinski definition) is 1. The van der Waals surface area contributed by atoms with Crippen LogP contribution in [0.5, 0.6) is 0 Å². The van der Waals surface area contributed by atoms with Gasteiger partial charge in [0.1, 0.15) is 0 Å². The van der Waals surface area contributed by atoms with Crippen LogP contribution < -0.4 is 9.80 Å². The molecule has 1 aliphatic heterocycles. The molecule has 0 radical (unpaired) electrons. The Morgan fingerprint density at radius 2 is 1.62 bits per heavy atom. The number of fused-ring (bicyclic) bond motifs is 1. The van der Waals surface area contributed by atoms with Gasteiger partial charge in [-0.3, -0.25) is 0 Å². The number of quaternary nitrogens is 1. The number of aromatic nitrogens is 2. The van der Waals surface area contributed by atoms with E-state index in [9.17, 15) is 0 Å². The highest BCUT2D eigenvalue weighted by Crippen LogP contribution is 2.21. The first-order chi connectivity index (χ1) is 10.2. The summed E-state index contributed by atoms with van der Waals surface area (Å²) in [5.41, 5.74) is 5.63. The molecule has 1 aromatic carbocycles. The normalized spacial score (nSPS) is 16.6. The fraction of sp³-hybridized carbons (Fsp3) is 0.529. The molecule has 1 saturated heterocycles. The van der Waals surface area contributed by atoms with E-state index in [1.165, 1.54) is 18.8 Å². The van der Waals surface area contributed by atoms with Gasteiger partial charge in [0.2, 0.25) is 0 Å². The third-order valence-electron chi connectivity index (χ3n) is 4.45. The number of nitrogens with zero attached hydrogens (tertiary/aromatic N) is 3. The van der Waals surface area contributed by atoms with E-state index in [0.717, 1.165) is 48.4 Å². The van der Waals surface area contributed by atoms with Crippen molar-refractivity contribution in [2.75, 3.05) is 38.1 Å². The summed E-state index contributed by atoms with van der Waals surface area (Å²) >= 11 is 0. The first kappa shape index (κ1) is 14.3. The zero-order valence-electron chi connectivity index (χ0n) is 13.3. The summed E-state index contributed by atoms with van der Waals surface area (Å²) in [6.07, 6.45) is 1.91. The minimum Gasteiger partial charge on any atom is -0.360 e. The molecule has 3 rings (SSSR count). The van der Waals surface area contributed by atoms with E-state index in [4.69, 9.17) is 9.97 Å². The summed E-state index contributed by atoms with van der Waals surface area (Å²) in [7, 11) is 2.27. The molecule has 0 saturated carbocycles. The van der Waals surface area contributed by atoms with E-state index >= 15 is 0 Å². The maximum absolute atomic E-state index is 4.84. The summed E-state index contributed by atoms with van der Waals surface area (Å²) in [6.45, 7) is 8.96. The van der Waals surface area contributed by atoms with Crippen molar-refractivity contribution in [3.8, 4) is 0 Å². The van der Waals surface area contributed by atoms with Crippen molar-refractivity contribution in [1.29, 1.82) is 0 Å². The fourth-order valence-electron chi connectivity index (χ4n) is 3.03. The SMILES string of the molecule is CCc1nc2ccc(N3CC[NH+](C)CC3)cc2nc1CC. The lowest BCUT2D eigenvalue weighted by atomic mass is 10.1. The Morgan fingerprint density at radius 3 is 2.24 bits per heavy atom. The largest absolute Gasteiger partial charge is 0.360 e. The molecule has 0 unspecified atom stereocenters. The van der Waals surface area contributed by atoms with Crippen LogP contribution in [-0.4, -0.2) is 43.2 Å². The number of anilines is 1. The van der Waals surface area contributed by atoms with Crippen molar-refractivity contribution in [2.24, 2.45) is 0 Å². The standard InChI is InChI=1S/C17H24N4/c1-4-14-15(5-2)19-17-12-13(6-7-16(17)18-14)21-10-8-20(3)9-11-21/h6-7,12H,4-5,8-11H2,1-3H3/p+1. The third-order valence-corrected chi connectivity index (χ3v) is 4.45. The Morgan fingerprint density at radius 1 is 1.00 bits per heavy atom. The second-order valence-corrected chi connectivity index (χ2v) is 5.94. The highest BCUT2D eigenvalue weighted by Gasteiger charge is 2.17. The van der Waals surface area contributed by atoms with Crippen LogP contribution in [0, 0.1) is 0 Å². The van der Waals surface area contributed by atoms with Crippen LogP contribution in [0.4, 0.5) is 5.69 Å².